The molecule has 0 bridgehead atoms. The quantitative estimate of drug-likeness (QED) is 0.477. The lowest BCUT2D eigenvalue weighted by Gasteiger charge is -2.05. The van der Waals surface area contributed by atoms with Crippen LogP contribution in [-0.4, -0.2) is 5.76 Å². The van der Waals surface area contributed by atoms with Crippen LogP contribution in [0.5, 0.6) is 0 Å². The molecule has 0 nitrogen and oxygen atoms in total. The molecule has 1 rings (SSSR count). The fraction of sp³-hybridized carbons (Fsp3) is 0.538. The van der Waals surface area contributed by atoms with Gasteiger partial charge in [-0.15, -0.1) is 0 Å². The zero-order valence-corrected chi connectivity index (χ0v) is 10.7. The summed E-state index contributed by atoms with van der Waals surface area (Å²) in [6, 6.07) is 4.55. The largest absolute Gasteiger partial charge is 0.289 e. The molecule has 0 heterocycles. The number of benzene rings is 1. The highest BCUT2D eigenvalue weighted by atomic mass is 32.2. The Kier molecular flexibility index (Phi) is 6.48. The first-order valence-electron chi connectivity index (χ1n) is 5.86. The van der Waals surface area contributed by atoms with Crippen LogP contribution in [0.2, 0.25) is 0 Å². The van der Waals surface area contributed by atoms with E-state index in [4.69, 9.17) is 0 Å². The summed E-state index contributed by atoms with van der Waals surface area (Å²) in [6.45, 7) is 2.13. The van der Waals surface area contributed by atoms with Crippen molar-refractivity contribution in [1.82, 2.24) is 0 Å². The van der Waals surface area contributed by atoms with E-state index in [-0.39, 0.29) is 16.7 Å². The number of halogens is 3. The lowest BCUT2D eigenvalue weighted by atomic mass is 10.1. The maximum Gasteiger partial charge on any atom is 0.289 e. The smallest absolute Gasteiger partial charge is 0.206 e. The third kappa shape index (κ3) is 5.48. The molecule has 0 fully saturated rings. The van der Waals surface area contributed by atoms with E-state index >= 15 is 0 Å². The van der Waals surface area contributed by atoms with Gasteiger partial charge in [0.15, 0.2) is 0 Å². The van der Waals surface area contributed by atoms with E-state index in [2.05, 4.69) is 6.92 Å². The minimum absolute atomic E-state index is 0.0253. The second-order valence-corrected chi connectivity index (χ2v) is 4.99. The van der Waals surface area contributed by atoms with Gasteiger partial charge in [0.2, 0.25) is 0 Å². The van der Waals surface area contributed by atoms with Crippen molar-refractivity contribution in [2.75, 3.05) is 0 Å². The fourth-order valence-corrected chi connectivity index (χ4v) is 2.16. The van der Waals surface area contributed by atoms with Gasteiger partial charge in [0.25, 0.3) is 5.76 Å². The van der Waals surface area contributed by atoms with Crippen molar-refractivity contribution in [3.05, 3.63) is 29.6 Å². The first-order valence-corrected chi connectivity index (χ1v) is 6.74. The van der Waals surface area contributed by atoms with Crippen LogP contribution in [0.25, 0.3) is 0 Å². The summed E-state index contributed by atoms with van der Waals surface area (Å²) in [6.07, 6.45) is 5.32. The summed E-state index contributed by atoms with van der Waals surface area (Å²) in [5.41, 5.74) is 0.886. The molecule has 1 aromatic carbocycles. The zero-order valence-electron chi connectivity index (χ0n) is 9.89. The maximum atomic E-state index is 13.4. The second-order valence-electron chi connectivity index (χ2n) is 3.95. The van der Waals surface area contributed by atoms with Crippen LogP contribution >= 0.6 is 11.8 Å². The topological polar surface area (TPSA) is 0 Å². The van der Waals surface area contributed by atoms with Gasteiger partial charge in [-0.05, 0) is 30.5 Å². The van der Waals surface area contributed by atoms with Crippen LogP contribution in [0.15, 0.2) is 23.1 Å². The number of thioether (sulfide) groups is 1. The molecular formula is C13H17F3S. The zero-order chi connectivity index (χ0) is 12.7. The van der Waals surface area contributed by atoms with Crippen molar-refractivity contribution in [3.63, 3.8) is 0 Å². The number of aryl methyl sites for hydroxylation is 1. The van der Waals surface area contributed by atoms with E-state index < -0.39 is 11.6 Å². The highest BCUT2D eigenvalue weighted by Gasteiger charge is 2.10. The maximum absolute atomic E-state index is 13.4. The standard InChI is InChI=1S/C13H17F3S/c1-2-3-4-5-6-10-7-8-12(11(14)9-10)17-13(15)16/h7-9,13H,2-6H2,1H3. The van der Waals surface area contributed by atoms with Crippen molar-refractivity contribution in [1.29, 1.82) is 0 Å². The highest BCUT2D eigenvalue weighted by Crippen LogP contribution is 2.28. The van der Waals surface area contributed by atoms with E-state index in [1.165, 1.54) is 25.0 Å². The lowest BCUT2D eigenvalue weighted by Crippen LogP contribution is -1.91. The first-order chi connectivity index (χ1) is 8.13. The van der Waals surface area contributed by atoms with Gasteiger partial charge in [-0.2, -0.15) is 8.78 Å². The summed E-state index contributed by atoms with van der Waals surface area (Å²) < 4.78 is 37.6. The van der Waals surface area contributed by atoms with Crippen LogP contribution in [-0.2, 0) is 6.42 Å². The Bertz CT molecular complexity index is 339. The second kappa shape index (κ2) is 7.64. The lowest BCUT2D eigenvalue weighted by molar-refractivity contribution is 0.251. The molecule has 0 saturated carbocycles. The van der Waals surface area contributed by atoms with E-state index in [0.29, 0.717) is 0 Å². The Labute approximate surface area is 105 Å². The molecule has 0 aliphatic heterocycles. The molecule has 0 N–H and O–H groups in total. The predicted molar refractivity (Wildman–Crippen MR) is 66.1 cm³/mol. The van der Waals surface area contributed by atoms with E-state index in [1.54, 1.807) is 6.07 Å². The Hall–Kier alpha value is -0.640. The SMILES string of the molecule is CCCCCCc1ccc(SC(F)F)c(F)c1. The van der Waals surface area contributed by atoms with Crippen LogP contribution in [0.1, 0.15) is 38.2 Å². The number of unbranched alkanes of at least 4 members (excludes halogenated alkanes) is 3. The summed E-state index contributed by atoms with van der Waals surface area (Å²) in [5, 5.41) is 0. The van der Waals surface area contributed by atoms with Gasteiger partial charge < -0.3 is 0 Å². The summed E-state index contributed by atoms with van der Waals surface area (Å²) in [7, 11) is 0. The van der Waals surface area contributed by atoms with Gasteiger partial charge in [-0.25, -0.2) is 4.39 Å². The van der Waals surface area contributed by atoms with Gasteiger partial charge in [0.05, 0.1) is 0 Å². The van der Waals surface area contributed by atoms with Crippen molar-refractivity contribution < 1.29 is 13.2 Å². The number of rotatable bonds is 7. The molecule has 96 valence electrons. The van der Waals surface area contributed by atoms with E-state index in [1.807, 2.05) is 0 Å². The predicted octanol–water partition coefficient (Wildman–Crippen LogP) is 5.26. The Morgan fingerprint density at radius 1 is 1.18 bits per heavy atom. The molecule has 0 aliphatic carbocycles. The molecule has 4 heteroatoms. The molecule has 0 radical (unpaired) electrons. The monoisotopic (exact) mass is 262 g/mol. The van der Waals surface area contributed by atoms with Gasteiger partial charge >= 0.3 is 0 Å². The van der Waals surface area contributed by atoms with Gasteiger partial charge in [0, 0.05) is 4.90 Å². The molecule has 17 heavy (non-hydrogen) atoms. The van der Waals surface area contributed by atoms with E-state index in [0.717, 1.165) is 24.8 Å². The highest BCUT2D eigenvalue weighted by molar-refractivity contribution is 7.99. The average molecular weight is 262 g/mol. The Morgan fingerprint density at radius 3 is 2.53 bits per heavy atom. The summed E-state index contributed by atoms with van der Waals surface area (Å²) in [4.78, 5) is 0.0253. The first kappa shape index (κ1) is 14.4. The Balaban J connectivity index is 2.50. The Morgan fingerprint density at radius 2 is 1.94 bits per heavy atom. The van der Waals surface area contributed by atoms with E-state index in [9.17, 15) is 13.2 Å². The fourth-order valence-electron chi connectivity index (χ4n) is 1.65. The summed E-state index contributed by atoms with van der Waals surface area (Å²) in [5.74, 6) is -3.11. The normalized spacial score (nSPS) is 11.1. The van der Waals surface area contributed by atoms with Gasteiger partial charge in [-0.1, -0.05) is 44.0 Å². The minimum Gasteiger partial charge on any atom is -0.206 e. The van der Waals surface area contributed by atoms with Gasteiger partial charge in [0.1, 0.15) is 5.82 Å². The van der Waals surface area contributed by atoms with Crippen LogP contribution in [0, 0.1) is 5.82 Å². The third-order valence-corrected chi connectivity index (χ3v) is 3.29. The molecule has 0 saturated heterocycles. The molecule has 0 unspecified atom stereocenters. The average Bonchev–Trinajstić information content (AvgIpc) is 2.27. The molecule has 0 atom stereocenters. The molecule has 0 spiro atoms. The molecule has 0 aromatic heterocycles. The molecule has 1 aromatic rings. The summed E-state index contributed by atoms with van der Waals surface area (Å²) >= 11 is 0.257. The number of alkyl halides is 2. The number of hydrogen-bond acceptors (Lipinski definition) is 1. The van der Waals surface area contributed by atoms with Crippen molar-refractivity contribution in [2.24, 2.45) is 0 Å². The van der Waals surface area contributed by atoms with Crippen molar-refractivity contribution in [2.45, 2.75) is 49.7 Å². The minimum atomic E-state index is -2.57. The van der Waals surface area contributed by atoms with Gasteiger partial charge in [-0.3, -0.25) is 0 Å². The van der Waals surface area contributed by atoms with Crippen molar-refractivity contribution in [3.8, 4) is 0 Å². The number of hydrogen-bond donors (Lipinski definition) is 0. The molecule has 0 amide bonds. The van der Waals surface area contributed by atoms with Crippen LogP contribution < -0.4 is 0 Å². The third-order valence-electron chi connectivity index (χ3n) is 2.53. The molecular weight excluding hydrogens is 245 g/mol. The van der Waals surface area contributed by atoms with Crippen molar-refractivity contribution >= 4 is 11.8 Å². The van der Waals surface area contributed by atoms with Crippen LogP contribution in [0.3, 0.4) is 0 Å². The van der Waals surface area contributed by atoms with Crippen LogP contribution in [0.4, 0.5) is 13.2 Å². The molecule has 0 aliphatic rings.